The number of para-hydroxylation sites is 1. The predicted molar refractivity (Wildman–Crippen MR) is 101 cm³/mol. The highest BCUT2D eigenvalue weighted by Gasteiger charge is 2.19. The SMILES string of the molecule is Cc1ccccc1OCC(O)CN1CCN(Cc2ccc(F)cc2)CC1. The number of aliphatic hydroxyl groups excluding tert-OH is 1. The van der Waals surface area contributed by atoms with Gasteiger partial charge in [-0.1, -0.05) is 30.3 Å². The average Bonchev–Trinajstić information content (AvgIpc) is 2.64. The van der Waals surface area contributed by atoms with Crippen LogP contribution in [0.25, 0.3) is 0 Å². The number of halogens is 1. The molecule has 0 aromatic heterocycles. The van der Waals surface area contributed by atoms with E-state index in [1.807, 2.05) is 43.3 Å². The zero-order chi connectivity index (χ0) is 18.4. The molecule has 0 bridgehead atoms. The smallest absolute Gasteiger partial charge is 0.123 e. The lowest BCUT2D eigenvalue weighted by Crippen LogP contribution is -2.48. The number of nitrogens with zero attached hydrogens (tertiary/aromatic N) is 2. The van der Waals surface area contributed by atoms with Gasteiger partial charge in [0.15, 0.2) is 0 Å². The van der Waals surface area contributed by atoms with Gasteiger partial charge < -0.3 is 9.84 Å². The number of benzene rings is 2. The van der Waals surface area contributed by atoms with Crippen LogP contribution in [0.1, 0.15) is 11.1 Å². The zero-order valence-electron chi connectivity index (χ0n) is 15.3. The van der Waals surface area contributed by atoms with Crippen LogP contribution in [0.3, 0.4) is 0 Å². The van der Waals surface area contributed by atoms with Crippen LogP contribution in [-0.4, -0.2) is 60.3 Å². The average molecular weight is 358 g/mol. The normalized spacial score (nSPS) is 17.2. The Labute approximate surface area is 154 Å². The minimum atomic E-state index is -0.502. The Morgan fingerprint density at radius 2 is 1.65 bits per heavy atom. The number of hydrogen-bond acceptors (Lipinski definition) is 4. The van der Waals surface area contributed by atoms with Gasteiger partial charge in [-0.15, -0.1) is 0 Å². The summed E-state index contributed by atoms with van der Waals surface area (Å²) in [5, 5.41) is 10.3. The third kappa shape index (κ3) is 5.53. The molecule has 1 atom stereocenters. The van der Waals surface area contributed by atoms with E-state index in [4.69, 9.17) is 4.74 Å². The van der Waals surface area contributed by atoms with E-state index in [9.17, 15) is 9.50 Å². The van der Waals surface area contributed by atoms with E-state index in [1.54, 1.807) is 0 Å². The van der Waals surface area contributed by atoms with Crippen molar-refractivity contribution in [1.82, 2.24) is 9.80 Å². The standard InChI is InChI=1S/C21H27FN2O2/c1-17-4-2-3-5-21(17)26-16-20(25)15-24-12-10-23(11-13-24)14-18-6-8-19(22)9-7-18/h2-9,20,25H,10-16H2,1H3. The number of β-amino-alcohol motifs (C(OH)–C–C–N with tert-alkyl or cyclic N) is 1. The summed E-state index contributed by atoms with van der Waals surface area (Å²) in [6.07, 6.45) is -0.502. The van der Waals surface area contributed by atoms with Gasteiger partial charge in [0, 0.05) is 39.3 Å². The molecule has 0 saturated carbocycles. The molecule has 0 aliphatic carbocycles. The summed E-state index contributed by atoms with van der Waals surface area (Å²) in [7, 11) is 0. The van der Waals surface area contributed by atoms with E-state index < -0.39 is 6.10 Å². The van der Waals surface area contributed by atoms with Crippen LogP contribution in [0.2, 0.25) is 0 Å². The number of piperazine rings is 1. The largest absolute Gasteiger partial charge is 0.491 e. The lowest BCUT2D eigenvalue weighted by molar-refractivity contribution is 0.0445. The first-order valence-electron chi connectivity index (χ1n) is 9.16. The zero-order valence-corrected chi connectivity index (χ0v) is 15.3. The second-order valence-electron chi connectivity index (χ2n) is 6.93. The molecule has 1 aliphatic heterocycles. The highest BCUT2D eigenvalue weighted by Crippen LogP contribution is 2.16. The third-order valence-electron chi connectivity index (χ3n) is 4.78. The first kappa shape index (κ1) is 18.8. The Kier molecular flexibility index (Phi) is 6.61. The van der Waals surface area contributed by atoms with E-state index in [2.05, 4.69) is 9.80 Å². The van der Waals surface area contributed by atoms with E-state index in [-0.39, 0.29) is 5.82 Å². The van der Waals surface area contributed by atoms with Gasteiger partial charge in [-0.2, -0.15) is 0 Å². The molecule has 0 radical (unpaired) electrons. The Hall–Kier alpha value is -1.95. The van der Waals surface area contributed by atoms with Crippen molar-refractivity contribution in [1.29, 1.82) is 0 Å². The fourth-order valence-corrected chi connectivity index (χ4v) is 3.23. The molecule has 1 aliphatic rings. The van der Waals surface area contributed by atoms with Gasteiger partial charge in [0.25, 0.3) is 0 Å². The molecule has 0 amide bonds. The summed E-state index contributed by atoms with van der Waals surface area (Å²) in [5.74, 6) is 0.635. The lowest BCUT2D eigenvalue weighted by Gasteiger charge is -2.35. The summed E-state index contributed by atoms with van der Waals surface area (Å²) in [4.78, 5) is 4.63. The van der Waals surface area contributed by atoms with Crippen molar-refractivity contribution in [3.05, 3.63) is 65.5 Å². The van der Waals surface area contributed by atoms with Crippen LogP contribution >= 0.6 is 0 Å². The van der Waals surface area contributed by atoms with Gasteiger partial charge in [0.2, 0.25) is 0 Å². The Morgan fingerprint density at radius 1 is 1.00 bits per heavy atom. The Balaban J connectivity index is 1.38. The summed E-state index contributed by atoms with van der Waals surface area (Å²) < 4.78 is 18.7. The molecule has 1 heterocycles. The van der Waals surface area contributed by atoms with Gasteiger partial charge in [-0.3, -0.25) is 9.80 Å². The van der Waals surface area contributed by atoms with Crippen LogP contribution in [0.5, 0.6) is 5.75 Å². The molecule has 1 unspecified atom stereocenters. The second-order valence-corrected chi connectivity index (χ2v) is 6.93. The highest BCUT2D eigenvalue weighted by atomic mass is 19.1. The summed E-state index contributed by atoms with van der Waals surface area (Å²) >= 11 is 0. The van der Waals surface area contributed by atoms with E-state index in [0.29, 0.717) is 13.2 Å². The van der Waals surface area contributed by atoms with E-state index in [0.717, 1.165) is 49.6 Å². The molecule has 2 aromatic carbocycles. The molecule has 1 fully saturated rings. The molecular weight excluding hydrogens is 331 g/mol. The minimum absolute atomic E-state index is 0.194. The summed E-state index contributed by atoms with van der Waals surface area (Å²) in [6.45, 7) is 7.50. The monoisotopic (exact) mass is 358 g/mol. The second kappa shape index (κ2) is 9.12. The minimum Gasteiger partial charge on any atom is -0.491 e. The number of aliphatic hydroxyl groups is 1. The number of hydrogen-bond donors (Lipinski definition) is 1. The molecule has 5 heteroatoms. The van der Waals surface area contributed by atoms with Gasteiger partial charge in [0.1, 0.15) is 24.3 Å². The van der Waals surface area contributed by atoms with Crippen LogP contribution in [0.4, 0.5) is 4.39 Å². The van der Waals surface area contributed by atoms with Gasteiger partial charge >= 0.3 is 0 Å². The van der Waals surface area contributed by atoms with Crippen molar-refractivity contribution in [2.45, 2.75) is 19.6 Å². The van der Waals surface area contributed by atoms with Crippen molar-refractivity contribution in [3.8, 4) is 5.75 Å². The van der Waals surface area contributed by atoms with Crippen LogP contribution in [-0.2, 0) is 6.54 Å². The quantitative estimate of drug-likeness (QED) is 0.826. The Morgan fingerprint density at radius 3 is 2.35 bits per heavy atom. The number of ether oxygens (including phenoxy) is 1. The fourth-order valence-electron chi connectivity index (χ4n) is 3.23. The van der Waals surface area contributed by atoms with Crippen molar-refractivity contribution in [2.75, 3.05) is 39.3 Å². The molecule has 140 valence electrons. The number of aryl methyl sites for hydroxylation is 1. The van der Waals surface area contributed by atoms with Crippen LogP contribution < -0.4 is 4.74 Å². The third-order valence-corrected chi connectivity index (χ3v) is 4.78. The van der Waals surface area contributed by atoms with Crippen molar-refractivity contribution in [2.24, 2.45) is 0 Å². The molecule has 3 rings (SSSR count). The van der Waals surface area contributed by atoms with Crippen LogP contribution in [0.15, 0.2) is 48.5 Å². The fraction of sp³-hybridized carbons (Fsp3) is 0.429. The molecular formula is C21H27FN2O2. The lowest BCUT2D eigenvalue weighted by atomic mass is 10.2. The number of rotatable bonds is 7. The molecule has 1 N–H and O–H groups in total. The molecule has 2 aromatic rings. The van der Waals surface area contributed by atoms with Gasteiger partial charge in [-0.25, -0.2) is 4.39 Å². The maximum atomic E-state index is 13.0. The topological polar surface area (TPSA) is 35.9 Å². The maximum Gasteiger partial charge on any atom is 0.123 e. The van der Waals surface area contributed by atoms with Gasteiger partial charge in [0.05, 0.1) is 0 Å². The van der Waals surface area contributed by atoms with Gasteiger partial charge in [-0.05, 0) is 36.2 Å². The van der Waals surface area contributed by atoms with E-state index in [1.165, 1.54) is 12.1 Å². The molecule has 26 heavy (non-hydrogen) atoms. The Bertz CT molecular complexity index is 685. The van der Waals surface area contributed by atoms with Crippen molar-refractivity contribution in [3.63, 3.8) is 0 Å². The molecule has 0 spiro atoms. The first-order valence-corrected chi connectivity index (χ1v) is 9.16. The molecule has 4 nitrogen and oxygen atoms in total. The summed E-state index contributed by atoms with van der Waals surface area (Å²) in [5.41, 5.74) is 2.21. The van der Waals surface area contributed by atoms with Crippen molar-refractivity contribution < 1.29 is 14.2 Å². The highest BCUT2D eigenvalue weighted by molar-refractivity contribution is 5.31. The summed E-state index contributed by atoms with van der Waals surface area (Å²) in [6, 6.07) is 14.5. The predicted octanol–water partition coefficient (Wildman–Crippen LogP) is 2.69. The van der Waals surface area contributed by atoms with Crippen LogP contribution in [0, 0.1) is 12.7 Å². The van der Waals surface area contributed by atoms with E-state index >= 15 is 0 Å². The van der Waals surface area contributed by atoms with Crippen molar-refractivity contribution >= 4 is 0 Å². The molecule has 1 saturated heterocycles. The maximum absolute atomic E-state index is 13.0. The first-order chi connectivity index (χ1) is 12.6.